The third kappa shape index (κ3) is 5.99. The normalized spacial score (nSPS) is 12.3. The van der Waals surface area contributed by atoms with Crippen molar-refractivity contribution < 1.29 is 18.0 Å². The number of benzene rings is 2. The van der Waals surface area contributed by atoms with Crippen LogP contribution in [0.4, 0.5) is 13.2 Å². The lowest BCUT2D eigenvalue weighted by Crippen LogP contribution is -2.14. The fraction of sp³-hybridized carbons (Fsp3) is 0.278. The van der Waals surface area contributed by atoms with Gasteiger partial charge >= 0.3 is 6.18 Å². The van der Waals surface area contributed by atoms with Crippen LogP contribution in [0.15, 0.2) is 50.5 Å². The van der Waals surface area contributed by atoms with Gasteiger partial charge in [0.1, 0.15) is 6.61 Å². The second-order valence-corrected chi connectivity index (χ2v) is 7.79. The highest BCUT2D eigenvalue weighted by Crippen LogP contribution is 2.34. The fourth-order valence-corrected chi connectivity index (χ4v) is 3.91. The molecule has 0 heterocycles. The molecule has 0 fully saturated rings. The van der Waals surface area contributed by atoms with Gasteiger partial charge in [-0.05, 0) is 48.4 Å². The SMILES string of the molecule is CCC/C(=N\OCc1cc(Br)cc(Br)c1)c1cc(Cl)ccc1C(F)(F)F. The molecule has 0 radical (unpaired) electrons. The zero-order valence-electron chi connectivity index (χ0n) is 13.7. The summed E-state index contributed by atoms with van der Waals surface area (Å²) in [5.74, 6) is 0. The summed E-state index contributed by atoms with van der Waals surface area (Å²) < 4.78 is 41.6. The average Bonchev–Trinajstić information content (AvgIpc) is 2.52. The minimum atomic E-state index is -4.50. The van der Waals surface area contributed by atoms with Gasteiger partial charge in [-0.25, -0.2) is 0 Å². The van der Waals surface area contributed by atoms with Crippen LogP contribution < -0.4 is 0 Å². The van der Waals surface area contributed by atoms with Crippen molar-refractivity contribution in [1.29, 1.82) is 0 Å². The monoisotopic (exact) mass is 511 g/mol. The quantitative estimate of drug-likeness (QED) is 0.288. The Morgan fingerprint density at radius 2 is 1.77 bits per heavy atom. The molecule has 2 rings (SSSR count). The topological polar surface area (TPSA) is 21.6 Å². The molecule has 0 aliphatic rings. The summed E-state index contributed by atoms with van der Waals surface area (Å²) in [5, 5.41) is 4.20. The highest BCUT2D eigenvalue weighted by molar-refractivity contribution is 9.11. The lowest BCUT2D eigenvalue weighted by Gasteiger charge is -2.14. The van der Waals surface area contributed by atoms with Crippen LogP contribution in [0.25, 0.3) is 0 Å². The first-order valence-electron chi connectivity index (χ1n) is 7.71. The van der Waals surface area contributed by atoms with Crippen molar-refractivity contribution in [2.75, 3.05) is 0 Å². The van der Waals surface area contributed by atoms with E-state index in [2.05, 4.69) is 37.0 Å². The number of halogens is 6. The molecule has 0 amide bonds. The third-order valence-electron chi connectivity index (χ3n) is 3.41. The van der Waals surface area contributed by atoms with Crippen molar-refractivity contribution in [3.05, 3.63) is 67.1 Å². The van der Waals surface area contributed by atoms with E-state index in [1.165, 1.54) is 12.1 Å². The summed E-state index contributed by atoms with van der Waals surface area (Å²) in [4.78, 5) is 5.34. The first kappa shape index (κ1) is 21.3. The van der Waals surface area contributed by atoms with E-state index in [1.54, 1.807) is 0 Å². The molecule has 140 valence electrons. The largest absolute Gasteiger partial charge is 0.417 e. The Morgan fingerprint density at radius 1 is 1.12 bits per heavy atom. The van der Waals surface area contributed by atoms with E-state index in [0.717, 1.165) is 20.6 Å². The number of oxime groups is 1. The lowest BCUT2D eigenvalue weighted by atomic mass is 9.99. The molecular formula is C18H15Br2ClF3NO. The first-order chi connectivity index (χ1) is 12.2. The zero-order chi connectivity index (χ0) is 19.3. The van der Waals surface area contributed by atoms with Crippen molar-refractivity contribution in [3.63, 3.8) is 0 Å². The predicted molar refractivity (Wildman–Crippen MR) is 105 cm³/mol. The molecular weight excluding hydrogens is 498 g/mol. The average molecular weight is 514 g/mol. The maximum Gasteiger partial charge on any atom is 0.417 e. The van der Waals surface area contributed by atoms with E-state index in [9.17, 15) is 13.2 Å². The molecule has 0 bridgehead atoms. The van der Waals surface area contributed by atoms with Gasteiger partial charge < -0.3 is 4.84 Å². The highest BCUT2D eigenvalue weighted by Gasteiger charge is 2.34. The van der Waals surface area contributed by atoms with E-state index in [1.807, 2.05) is 25.1 Å². The molecule has 0 saturated carbocycles. The van der Waals surface area contributed by atoms with Gasteiger partial charge in [-0.15, -0.1) is 0 Å². The number of hydrogen-bond acceptors (Lipinski definition) is 2. The molecule has 0 aromatic heterocycles. The van der Waals surface area contributed by atoms with Gasteiger partial charge in [0.05, 0.1) is 11.3 Å². The molecule has 0 spiro atoms. The lowest BCUT2D eigenvalue weighted by molar-refractivity contribution is -0.137. The Morgan fingerprint density at radius 3 is 2.35 bits per heavy atom. The molecule has 0 N–H and O–H groups in total. The predicted octanol–water partition coefficient (Wildman–Crippen LogP) is 7.60. The van der Waals surface area contributed by atoms with E-state index >= 15 is 0 Å². The van der Waals surface area contributed by atoms with Gasteiger partial charge in [0.2, 0.25) is 0 Å². The second-order valence-electron chi connectivity index (χ2n) is 5.53. The van der Waals surface area contributed by atoms with E-state index in [0.29, 0.717) is 12.8 Å². The maximum absolute atomic E-state index is 13.3. The van der Waals surface area contributed by atoms with E-state index in [4.69, 9.17) is 16.4 Å². The Hall–Kier alpha value is -1.05. The summed E-state index contributed by atoms with van der Waals surface area (Å²) >= 11 is 12.6. The van der Waals surface area contributed by atoms with Crippen LogP contribution in [-0.2, 0) is 17.6 Å². The summed E-state index contributed by atoms with van der Waals surface area (Å²) in [5.41, 5.74) is 0.217. The van der Waals surface area contributed by atoms with Gasteiger partial charge in [-0.2, -0.15) is 13.2 Å². The Labute approximate surface area is 171 Å². The number of hydrogen-bond donors (Lipinski definition) is 0. The van der Waals surface area contributed by atoms with Crippen LogP contribution in [-0.4, -0.2) is 5.71 Å². The van der Waals surface area contributed by atoms with Crippen molar-refractivity contribution >= 4 is 49.2 Å². The minimum absolute atomic E-state index is 0.0535. The van der Waals surface area contributed by atoms with Crippen LogP contribution in [0.3, 0.4) is 0 Å². The summed E-state index contributed by atoms with van der Waals surface area (Å²) in [6, 6.07) is 9.03. The van der Waals surface area contributed by atoms with Crippen LogP contribution >= 0.6 is 43.5 Å². The number of rotatable bonds is 6. The van der Waals surface area contributed by atoms with Crippen molar-refractivity contribution in [2.24, 2.45) is 5.16 Å². The van der Waals surface area contributed by atoms with E-state index < -0.39 is 11.7 Å². The van der Waals surface area contributed by atoms with Gasteiger partial charge in [-0.3, -0.25) is 0 Å². The summed E-state index contributed by atoms with van der Waals surface area (Å²) in [7, 11) is 0. The second kappa shape index (κ2) is 9.24. The Kier molecular flexibility index (Phi) is 7.55. The van der Waals surface area contributed by atoms with Crippen molar-refractivity contribution in [2.45, 2.75) is 32.5 Å². The van der Waals surface area contributed by atoms with Gasteiger partial charge in [-0.1, -0.05) is 62.0 Å². The summed E-state index contributed by atoms with van der Waals surface area (Å²) in [6.45, 7) is 1.99. The molecule has 0 saturated heterocycles. The fourth-order valence-electron chi connectivity index (χ4n) is 2.35. The molecule has 0 aliphatic carbocycles. The van der Waals surface area contributed by atoms with Crippen LogP contribution in [0.5, 0.6) is 0 Å². The van der Waals surface area contributed by atoms with Gasteiger partial charge in [0.15, 0.2) is 0 Å². The van der Waals surface area contributed by atoms with Gasteiger partial charge in [0.25, 0.3) is 0 Å². The minimum Gasteiger partial charge on any atom is -0.391 e. The number of nitrogens with zero attached hydrogens (tertiary/aromatic N) is 1. The molecule has 0 atom stereocenters. The molecule has 0 unspecified atom stereocenters. The molecule has 8 heteroatoms. The van der Waals surface area contributed by atoms with Crippen molar-refractivity contribution in [3.8, 4) is 0 Å². The van der Waals surface area contributed by atoms with Crippen LogP contribution in [0, 0.1) is 0 Å². The molecule has 26 heavy (non-hydrogen) atoms. The maximum atomic E-state index is 13.3. The van der Waals surface area contributed by atoms with Gasteiger partial charge in [0, 0.05) is 19.5 Å². The Balaban J connectivity index is 2.31. The standard InChI is InChI=1S/C18H15Br2ClF3NO/c1-2-3-17(15-9-14(21)4-5-16(15)18(22,23)24)25-26-10-11-6-12(19)8-13(20)7-11/h4-9H,2-3,10H2,1H3/b25-17+. The van der Waals surface area contributed by atoms with Crippen molar-refractivity contribution in [1.82, 2.24) is 0 Å². The molecule has 0 aliphatic heterocycles. The third-order valence-corrected chi connectivity index (χ3v) is 4.56. The van der Waals surface area contributed by atoms with Crippen LogP contribution in [0.1, 0.15) is 36.5 Å². The smallest absolute Gasteiger partial charge is 0.391 e. The molecule has 2 aromatic rings. The van der Waals surface area contributed by atoms with E-state index in [-0.39, 0.29) is 22.9 Å². The number of alkyl halides is 3. The molecule has 2 nitrogen and oxygen atoms in total. The van der Waals surface area contributed by atoms with Crippen LogP contribution in [0.2, 0.25) is 5.02 Å². The zero-order valence-corrected chi connectivity index (χ0v) is 17.6. The summed E-state index contributed by atoms with van der Waals surface area (Å²) in [6.07, 6.45) is -3.54. The highest BCUT2D eigenvalue weighted by atomic mass is 79.9. The first-order valence-corrected chi connectivity index (χ1v) is 9.68. The molecule has 2 aromatic carbocycles. The Bertz CT molecular complexity index is 789.